The molecule has 0 amide bonds. The van der Waals surface area contributed by atoms with E-state index in [1.54, 1.807) is 0 Å². The van der Waals surface area contributed by atoms with Crippen LogP contribution in [0.2, 0.25) is 0 Å². The van der Waals surface area contributed by atoms with Crippen LogP contribution in [-0.2, 0) is 0 Å². The molecule has 0 N–H and O–H groups in total. The smallest absolute Gasteiger partial charge is 0.145 e. The van der Waals surface area contributed by atoms with Crippen LogP contribution in [0.1, 0.15) is 0 Å². The molecule has 49 heavy (non-hydrogen) atoms. The molecule has 10 rings (SSSR count). The summed E-state index contributed by atoms with van der Waals surface area (Å²) in [6.07, 6.45) is 0. The second-order valence-corrected chi connectivity index (χ2v) is 12.6. The number of fused-ring (bicyclic) bond motifs is 8. The molecule has 0 saturated heterocycles. The van der Waals surface area contributed by atoms with E-state index < -0.39 is 0 Å². The van der Waals surface area contributed by atoms with Crippen molar-refractivity contribution in [3.8, 4) is 16.8 Å². The maximum Gasteiger partial charge on any atom is 0.145 e. The first-order chi connectivity index (χ1) is 24.3. The summed E-state index contributed by atoms with van der Waals surface area (Å²) in [7, 11) is 0. The van der Waals surface area contributed by atoms with Gasteiger partial charge in [0.1, 0.15) is 11.2 Å². The molecule has 230 valence electrons. The number of furan rings is 1. The summed E-state index contributed by atoms with van der Waals surface area (Å²) in [6.45, 7) is 0. The lowest BCUT2D eigenvalue weighted by Crippen LogP contribution is -2.10. The Bertz CT molecular complexity index is 2750. The van der Waals surface area contributed by atoms with E-state index in [1.807, 2.05) is 6.07 Å². The quantitative estimate of drug-likeness (QED) is 0.190. The Morgan fingerprint density at radius 3 is 1.65 bits per heavy atom. The van der Waals surface area contributed by atoms with Crippen molar-refractivity contribution in [2.45, 2.75) is 0 Å². The van der Waals surface area contributed by atoms with Gasteiger partial charge in [0.25, 0.3) is 0 Å². The summed E-state index contributed by atoms with van der Waals surface area (Å²) >= 11 is 0. The van der Waals surface area contributed by atoms with Crippen LogP contribution >= 0.6 is 0 Å². The highest BCUT2D eigenvalue weighted by Crippen LogP contribution is 2.46. The van der Waals surface area contributed by atoms with E-state index in [0.29, 0.717) is 0 Å². The van der Waals surface area contributed by atoms with Crippen molar-refractivity contribution in [2.75, 3.05) is 4.90 Å². The van der Waals surface area contributed by atoms with Crippen molar-refractivity contribution in [3.05, 3.63) is 182 Å². The zero-order chi connectivity index (χ0) is 32.3. The highest BCUT2D eigenvalue weighted by atomic mass is 16.3. The fraction of sp³-hybridized carbons (Fsp3) is 0. The highest BCUT2D eigenvalue weighted by Gasteiger charge is 2.22. The van der Waals surface area contributed by atoms with Gasteiger partial charge in [0.05, 0.1) is 22.1 Å². The number of anilines is 3. The third kappa shape index (κ3) is 4.37. The molecule has 0 aliphatic rings. The van der Waals surface area contributed by atoms with E-state index >= 15 is 0 Å². The zero-order valence-corrected chi connectivity index (χ0v) is 26.6. The zero-order valence-electron chi connectivity index (χ0n) is 26.6. The van der Waals surface area contributed by atoms with Crippen LogP contribution in [0.15, 0.2) is 186 Å². The molecule has 0 saturated carbocycles. The lowest BCUT2D eigenvalue weighted by atomic mass is 10.0. The van der Waals surface area contributed by atoms with Crippen LogP contribution in [-0.4, -0.2) is 4.57 Å². The second-order valence-electron chi connectivity index (χ2n) is 12.6. The number of rotatable bonds is 5. The third-order valence-corrected chi connectivity index (χ3v) is 9.77. The molecule has 0 spiro atoms. The van der Waals surface area contributed by atoms with E-state index in [2.05, 4.69) is 185 Å². The van der Waals surface area contributed by atoms with Gasteiger partial charge in [-0.15, -0.1) is 0 Å². The molecule has 8 aromatic carbocycles. The van der Waals surface area contributed by atoms with E-state index in [4.69, 9.17) is 4.42 Å². The van der Waals surface area contributed by atoms with E-state index in [0.717, 1.165) is 55.5 Å². The molecule has 0 fully saturated rings. The lowest BCUT2D eigenvalue weighted by Gasteiger charge is -2.27. The van der Waals surface area contributed by atoms with Gasteiger partial charge < -0.3 is 13.9 Å². The van der Waals surface area contributed by atoms with Crippen LogP contribution in [0.5, 0.6) is 0 Å². The fourth-order valence-corrected chi connectivity index (χ4v) is 7.53. The van der Waals surface area contributed by atoms with Crippen molar-refractivity contribution in [2.24, 2.45) is 0 Å². The summed E-state index contributed by atoms with van der Waals surface area (Å²) in [5.41, 5.74) is 10.9. The maximum absolute atomic E-state index is 6.63. The average molecular weight is 627 g/mol. The molecule has 0 aliphatic heterocycles. The van der Waals surface area contributed by atoms with Gasteiger partial charge in [-0.3, -0.25) is 0 Å². The minimum atomic E-state index is 0.885. The fourth-order valence-electron chi connectivity index (χ4n) is 7.53. The summed E-state index contributed by atoms with van der Waals surface area (Å²) in [5.74, 6) is 0. The first-order valence-electron chi connectivity index (χ1n) is 16.7. The second kappa shape index (κ2) is 11.0. The minimum Gasteiger partial charge on any atom is -0.455 e. The van der Waals surface area contributed by atoms with Crippen molar-refractivity contribution < 1.29 is 4.42 Å². The van der Waals surface area contributed by atoms with Crippen molar-refractivity contribution in [1.29, 1.82) is 0 Å². The summed E-state index contributed by atoms with van der Waals surface area (Å²) in [4.78, 5) is 2.38. The van der Waals surface area contributed by atoms with Crippen LogP contribution < -0.4 is 4.90 Å². The maximum atomic E-state index is 6.63. The molecular formula is C46H30N2O. The summed E-state index contributed by atoms with van der Waals surface area (Å²) in [5, 5.41) is 6.97. The molecule has 3 nitrogen and oxygen atoms in total. The summed E-state index contributed by atoms with van der Waals surface area (Å²) in [6, 6.07) is 64.9. The number of nitrogens with zero attached hydrogens (tertiary/aromatic N) is 2. The molecule has 0 bridgehead atoms. The van der Waals surface area contributed by atoms with E-state index in [9.17, 15) is 0 Å². The minimum absolute atomic E-state index is 0.885. The molecular weight excluding hydrogens is 597 g/mol. The number of benzene rings is 8. The van der Waals surface area contributed by atoms with Gasteiger partial charge in [-0.2, -0.15) is 0 Å². The van der Waals surface area contributed by atoms with Crippen LogP contribution in [0.25, 0.3) is 71.3 Å². The standard InChI is InChI=1S/C46H30N2O/c1-2-12-31(13-3-1)32-22-24-34(25-23-32)47(43-30-33-14-4-5-15-37(33)46-45(43)40-18-8-11-21-44(40)49-46)35-26-28-36(29-27-35)48-41-19-9-6-16-38(41)39-17-7-10-20-42(39)48/h1-30H. The number of hydrogen-bond donors (Lipinski definition) is 0. The molecule has 0 atom stereocenters. The first kappa shape index (κ1) is 27.5. The lowest BCUT2D eigenvalue weighted by molar-refractivity contribution is 0.672. The SMILES string of the molecule is c1ccc(-c2ccc(N(c3ccc(-n4c5ccccc5c5ccccc54)cc3)c3cc4ccccc4c4oc5ccccc5c34)cc2)cc1. The predicted octanol–water partition coefficient (Wildman–Crippen LogP) is 13.0. The third-order valence-electron chi connectivity index (χ3n) is 9.77. The molecule has 2 aromatic heterocycles. The number of hydrogen-bond acceptors (Lipinski definition) is 2. The predicted molar refractivity (Wildman–Crippen MR) is 206 cm³/mol. The van der Waals surface area contributed by atoms with Crippen molar-refractivity contribution in [3.63, 3.8) is 0 Å². The van der Waals surface area contributed by atoms with Crippen molar-refractivity contribution >= 4 is 71.6 Å². The van der Waals surface area contributed by atoms with Crippen LogP contribution in [0, 0.1) is 0 Å². The number of aromatic nitrogens is 1. The monoisotopic (exact) mass is 626 g/mol. The molecule has 0 radical (unpaired) electrons. The molecule has 0 unspecified atom stereocenters. The van der Waals surface area contributed by atoms with Crippen LogP contribution in [0.4, 0.5) is 17.1 Å². The first-order valence-corrected chi connectivity index (χ1v) is 16.7. The van der Waals surface area contributed by atoms with Gasteiger partial charge in [0.2, 0.25) is 0 Å². The van der Waals surface area contributed by atoms with Gasteiger partial charge >= 0.3 is 0 Å². The van der Waals surface area contributed by atoms with Crippen LogP contribution in [0.3, 0.4) is 0 Å². The average Bonchev–Trinajstić information content (AvgIpc) is 3.73. The molecule has 3 heteroatoms. The van der Waals surface area contributed by atoms with Gasteiger partial charge in [0, 0.05) is 38.6 Å². The Hall–Kier alpha value is -6.58. The Morgan fingerprint density at radius 2 is 0.959 bits per heavy atom. The highest BCUT2D eigenvalue weighted by molar-refractivity contribution is 6.22. The van der Waals surface area contributed by atoms with E-state index in [1.165, 1.54) is 32.9 Å². The van der Waals surface area contributed by atoms with Gasteiger partial charge in [-0.25, -0.2) is 0 Å². The van der Waals surface area contributed by atoms with Gasteiger partial charge in [0.15, 0.2) is 0 Å². The Morgan fingerprint density at radius 1 is 0.429 bits per heavy atom. The van der Waals surface area contributed by atoms with Gasteiger partial charge in [-0.05, 0) is 77.2 Å². The van der Waals surface area contributed by atoms with Crippen molar-refractivity contribution in [1.82, 2.24) is 4.57 Å². The molecule has 10 aromatic rings. The topological polar surface area (TPSA) is 21.3 Å². The van der Waals surface area contributed by atoms with E-state index in [-0.39, 0.29) is 0 Å². The Kier molecular flexibility index (Phi) is 6.18. The Labute approximate surface area is 283 Å². The van der Waals surface area contributed by atoms with Gasteiger partial charge in [-0.1, -0.05) is 121 Å². The summed E-state index contributed by atoms with van der Waals surface area (Å²) < 4.78 is 8.99. The largest absolute Gasteiger partial charge is 0.455 e. The number of para-hydroxylation sites is 3. The normalized spacial score (nSPS) is 11.7. The molecule has 0 aliphatic carbocycles. The molecule has 2 heterocycles. The Balaban J connectivity index is 1.21.